The first-order valence-corrected chi connectivity index (χ1v) is 10.3. The molecule has 0 radical (unpaired) electrons. The third-order valence-electron chi connectivity index (χ3n) is 4.83. The van der Waals surface area contributed by atoms with Gasteiger partial charge in [0.2, 0.25) is 0 Å². The van der Waals surface area contributed by atoms with Crippen LogP contribution in [0.1, 0.15) is 48.9 Å². The molecule has 1 aliphatic heterocycles. The Labute approximate surface area is 153 Å². The minimum absolute atomic E-state index is 0.0810. The summed E-state index contributed by atoms with van der Waals surface area (Å²) < 4.78 is 0. The zero-order chi connectivity index (χ0) is 17.5. The lowest BCUT2D eigenvalue weighted by molar-refractivity contribution is 0.0793. The molecule has 1 heterocycles. The van der Waals surface area contributed by atoms with E-state index in [9.17, 15) is 9.59 Å². The van der Waals surface area contributed by atoms with E-state index in [2.05, 4.69) is 10.6 Å². The molecule has 0 aromatic heterocycles. The Morgan fingerprint density at radius 3 is 2.40 bits per heavy atom. The first-order valence-electron chi connectivity index (χ1n) is 9.28. The predicted molar refractivity (Wildman–Crippen MR) is 103 cm³/mol. The number of amides is 3. The van der Waals surface area contributed by atoms with E-state index >= 15 is 0 Å². The maximum Gasteiger partial charge on any atom is 0.319 e. The van der Waals surface area contributed by atoms with E-state index in [4.69, 9.17) is 0 Å². The Morgan fingerprint density at radius 2 is 1.72 bits per heavy atom. The minimum Gasteiger partial charge on any atom is -0.339 e. The second kappa shape index (κ2) is 9.13. The molecule has 1 aromatic rings. The van der Waals surface area contributed by atoms with Gasteiger partial charge in [-0.2, -0.15) is 11.8 Å². The molecule has 1 aromatic carbocycles. The summed E-state index contributed by atoms with van der Waals surface area (Å²) >= 11 is 1.96. The third kappa shape index (κ3) is 5.39. The van der Waals surface area contributed by atoms with Crippen LogP contribution in [0.4, 0.5) is 10.5 Å². The fourth-order valence-corrected chi connectivity index (χ4v) is 4.64. The number of thioether (sulfide) groups is 1. The van der Waals surface area contributed by atoms with Crippen molar-refractivity contribution >= 4 is 29.4 Å². The summed E-state index contributed by atoms with van der Waals surface area (Å²) in [7, 11) is 0. The number of carbonyl (C=O) groups is 2. The van der Waals surface area contributed by atoms with Crippen molar-refractivity contribution in [2.45, 2.75) is 43.8 Å². The molecule has 1 saturated heterocycles. The number of carbonyl (C=O) groups excluding carboxylic acids is 2. The van der Waals surface area contributed by atoms with E-state index in [0.29, 0.717) is 17.8 Å². The number of hydrogen-bond donors (Lipinski definition) is 2. The van der Waals surface area contributed by atoms with Crippen molar-refractivity contribution in [2.75, 3.05) is 30.7 Å². The van der Waals surface area contributed by atoms with Gasteiger partial charge in [0.05, 0.1) is 0 Å². The number of rotatable bonds is 6. The van der Waals surface area contributed by atoms with Crippen LogP contribution in [0.2, 0.25) is 0 Å². The monoisotopic (exact) mass is 361 g/mol. The van der Waals surface area contributed by atoms with Crippen molar-refractivity contribution in [3.8, 4) is 0 Å². The number of benzene rings is 1. The number of urea groups is 1. The van der Waals surface area contributed by atoms with Crippen LogP contribution < -0.4 is 10.6 Å². The molecule has 2 fully saturated rings. The Hall–Kier alpha value is -1.69. The van der Waals surface area contributed by atoms with Crippen LogP contribution in [0.5, 0.6) is 0 Å². The molecule has 3 amide bonds. The highest BCUT2D eigenvalue weighted by molar-refractivity contribution is 7.99. The molecule has 25 heavy (non-hydrogen) atoms. The predicted octanol–water partition coefficient (Wildman–Crippen LogP) is 3.72. The van der Waals surface area contributed by atoms with Gasteiger partial charge in [-0.3, -0.25) is 4.79 Å². The average molecular weight is 362 g/mol. The Bertz CT molecular complexity index is 579. The molecule has 6 heteroatoms. The zero-order valence-corrected chi connectivity index (χ0v) is 15.4. The fraction of sp³-hybridized carbons (Fsp3) is 0.579. The van der Waals surface area contributed by atoms with Gasteiger partial charge in [0, 0.05) is 41.9 Å². The number of nitrogens with zero attached hydrogens (tertiary/aromatic N) is 1. The fourth-order valence-electron chi connectivity index (χ4n) is 3.42. The summed E-state index contributed by atoms with van der Waals surface area (Å²) in [6.07, 6.45) is 7.51. The van der Waals surface area contributed by atoms with Gasteiger partial charge in [-0.1, -0.05) is 12.8 Å². The molecule has 2 N–H and O–H groups in total. The molecule has 1 saturated carbocycles. The lowest BCUT2D eigenvalue weighted by atomic mass is 10.2. The standard InChI is InChI=1S/C19H27N3O2S/c23-18(22-12-3-4-13-22)15-7-9-16(10-8-15)21-19(24)20-11-14-25-17-5-1-2-6-17/h7-10,17H,1-6,11-14H2,(H2,20,21,24). The van der Waals surface area contributed by atoms with Crippen LogP contribution >= 0.6 is 11.8 Å². The number of likely N-dealkylation sites (tertiary alicyclic amines) is 1. The normalized spacial score (nSPS) is 17.7. The van der Waals surface area contributed by atoms with Crippen LogP contribution in [-0.4, -0.2) is 47.5 Å². The Morgan fingerprint density at radius 1 is 1.04 bits per heavy atom. The van der Waals surface area contributed by atoms with Gasteiger partial charge in [0.15, 0.2) is 0 Å². The van der Waals surface area contributed by atoms with Gasteiger partial charge in [-0.15, -0.1) is 0 Å². The molecule has 1 aliphatic carbocycles. The van der Waals surface area contributed by atoms with Gasteiger partial charge in [-0.05, 0) is 49.9 Å². The zero-order valence-electron chi connectivity index (χ0n) is 14.6. The van der Waals surface area contributed by atoms with Crippen LogP contribution in [0, 0.1) is 0 Å². The highest BCUT2D eigenvalue weighted by atomic mass is 32.2. The summed E-state index contributed by atoms with van der Waals surface area (Å²) in [5.74, 6) is 1.04. The van der Waals surface area contributed by atoms with E-state index in [1.165, 1.54) is 25.7 Å². The molecule has 0 spiro atoms. The van der Waals surface area contributed by atoms with Crippen molar-refractivity contribution in [1.82, 2.24) is 10.2 Å². The largest absolute Gasteiger partial charge is 0.339 e. The number of anilines is 1. The van der Waals surface area contributed by atoms with Gasteiger partial charge in [-0.25, -0.2) is 4.79 Å². The summed E-state index contributed by atoms with van der Waals surface area (Å²) in [6, 6.07) is 6.95. The Balaban J connectivity index is 1.38. The van der Waals surface area contributed by atoms with E-state index < -0.39 is 0 Å². The summed E-state index contributed by atoms with van der Waals surface area (Å²) in [5.41, 5.74) is 1.39. The van der Waals surface area contributed by atoms with Crippen molar-refractivity contribution in [1.29, 1.82) is 0 Å². The van der Waals surface area contributed by atoms with Crippen LogP contribution in [0.25, 0.3) is 0 Å². The lowest BCUT2D eigenvalue weighted by Gasteiger charge is -2.15. The summed E-state index contributed by atoms with van der Waals surface area (Å²) in [5, 5.41) is 6.50. The molecule has 0 bridgehead atoms. The third-order valence-corrected chi connectivity index (χ3v) is 6.21. The highest BCUT2D eigenvalue weighted by Gasteiger charge is 2.19. The minimum atomic E-state index is -0.189. The van der Waals surface area contributed by atoms with Crippen LogP contribution in [-0.2, 0) is 0 Å². The highest BCUT2D eigenvalue weighted by Crippen LogP contribution is 2.28. The smallest absolute Gasteiger partial charge is 0.319 e. The van der Waals surface area contributed by atoms with E-state index in [0.717, 1.165) is 36.9 Å². The number of nitrogens with one attached hydrogen (secondary N) is 2. The lowest BCUT2D eigenvalue weighted by Crippen LogP contribution is -2.31. The molecule has 0 unspecified atom stereocenters. The SMILES string of the molecule is O=C(NCCSC1CCCC1)Nc1ccc(C(=O)N2CCCC2)cc1. The topological polar surface area (TPSA) is 61.4 Å². The molecular formula is C19H27N3O2S. The first-order chi connectivity index (χ1) is 12.2. The van der Waals surface area contributed by atoms with E-state index in [-0.39, 0.29) is 11.9 Å². The van der Waals surface area contributed by atoms with Crippen molar-refractivity contribution in [2.24, 2.45) is 0 Å². The first kappa shape index (κ1) is 18.1. The molecule has 0 atom stereocenters. The van der Waals surface area contributed by atoms with Crippen molar-refractivity contribution in [3.63, 3.8) is 0 Å². The van der Waals surface area contributed by atoms with E-state index in [1.807, 2.05) is 16.7 Å². The summed E-state index contributed by atoms with van der Waals surface area (Å²) in [4.78, 5) is 26.1. The van der Waals surface area contributed by atoms with Crippen molar-refractivity contribution < 1.29 is 9.59 Å². The van der Waals surface area contributed by atoms with Gasteiger partial charge < -0.3 is 15.5 Å². The molecule has 136 valence electrons. The number of hydrogen-bond acceptors (Lipinski definition) is 3. The average Bonchev–Trinajstić information content (AvgIpc) is 3.32. The van der Waals surface area contributed by atoms with Crippen LogP contribution in [0.3, 0.4) is 0 Å². The van der Waals surface area contributed by atoms with Gasteiger partial charge >= 0.3 is 6.03 Å². The molecule has 2 aliphatic rings. The van der Waals surface area contributed by atoms with Gasteiger partial charge in [0.1, 0.15) is 0 Å². The Kier molecular flexibility index (Phi) is 6.62. The molecule has 5 nitrogen and oxygen atoms in total. The maximum absolute atomic E-state index is 12.3. The summed E-state index contributed by atoms with van der Waals surface area (Å²) in [6.45, 7) is 2.37. The van der Waals surface area contributed by atoms with E-state index in [1.54, 1.807) is 24.3 Å². The second-order valence-corrected chi connectivity index (χ2v) is 8.14. The molecular weight excluding hydrogens is 334 g/mol. The second-order valence-electron chi connectivity index (χ2n) is 6.73. The van der Waals surface area contributed by atoms with Gasteiger partial charge in [0.25, 0.3) is 5.91 Å². The quantitative estimate of drug-likeness (QED) is 0.759. The maximum atomic E-state index is 12.3. The molecule has 3 rings (SSSR count). The van der Waals surface area contributed by atoms with Crippen LogP contribution in [0.15, 0.2) is 24.3 Å². The van der Waals surface area contributed by atoms with Crippen molar-refractivity contribution in [3.05, 3.63) is 29.8 Å².